The molecule has 0 saturated heterocycles. The second-order valence-electron chi connectivity index (χ2n) is 6.49. The molecule has 0 aliphatic heterocycles. The molecule has 0 fully saturated rings. The standard InChI is InChI=1S/C24H20O10/c25-15-17-1-5-19(6-2-17)33-23(29)11-13-31-21(27)9-10-22(28)32-14-12-24(30)34-20-7-3-18(16-26)4-8-20/h1-10,15-16H,11-14H2/b10-9-. The number of carbonyl (C=O) groups excluding carboxylic acids is 6. The third-order valence-corrected chi connectivity index (χ3v) is 3.95. The molecule has 34 heavy (non-hydrogen) atoms. The van der Waals surface area contributed by atoms with Gasteiger partial charge in [-0.05, 0) is 48.5 Å². The van der Waals surface area contributed by atoms with E-state index in [1.807, 2.05) is 0 Å². The molecule has 0 unspecified atom stereocenters. The lowest BCUT2D eigenvalue weighted by Crippen LogP contribution is -2.14. The van der Waals surface area contributed by atoms with Crippen molar-refractivity contribution in [1.29, 1.82) is 0 Å². The maximum absolute atomic E-state index is 11.7. The molecule has 0 heterocycles. The van der Waals surface area contributed by atoms with E-state index in [2.05, 4.69) is 0 Å². The first kappa shape index (κ1) is 25.7. The molecule has 0 spiro atoms. The molecular formula is C24H20O10. The van der Waals surface area contributed by atoms with Crippen LogP contribution in [-0.4, -0.2) is 49.7 Å². The van der Waals surface area contributed by atoms with E-state index < -0.39 is 23.9 Å². The third-order valence-electron chi connectivity index (χ3n) is 3.95. The van der Waals surface area contributed by atoms with E-state index in [4.69, 9.17) is 18.9 Å². The molecule has 0 amide bonds. The van der Waals surface area contributed by atoms with E-state index in [1.165, 1.54) is 48.5 Å². The van der Waals surface area contributed by atoms with Gasteiger partial charge in [-0.2, -0.15) is 0 Å². The molecule has 10 heteroatoms. The van der Waals surface area contributed by atoms with Crippen molar-refractivity contribution in [3.8, 4) is 11.5 Å². The van der Waals surface area contributed by atoms with Crippen molar-refractivity contribution in [3.63, 3.8) is 0 Å². The Morgan fingerprint density at radius 2 is 0.941 bits per heavy atom. The monoisotopic (exact) mass is 468 g/mol. The van der Waals surface area contributed by atoms with E-state index in [9.17, 15) is 28.8 Å². The van der Waals surface area contributed by atoms with Crippen molar-refractivity contribution >= 4 is 36.4 Å². The number of hydrogen-bond donors (Lipinski definition) is 0. The zero-order chi connectivity index (χ0) is 24.8. The Bertz CT molecular complexity index is 967. The van der Waals surface area contributed by atoms with Gasteiger partial charge in [0, 0.05) is 23.3 Å². The Labute approximate surface area is 194 Å². The Morgan fingerprint density at radius 3 is 1.26 bits per heavy atom. The highest BCUT2D eigenvalue weighted by molar-refractivity contribution is 5.91. The first-order chi connectivity index (χ1) is 16.4. The largest absolute Gasteiger partial charge is 0.462 e. The number of hydrogen-bond acceptors (Lipinski definition) is 10. The Kier molecular flexibility index (Phi) is 10.4. The van der Waals surface area contributed by atoms with Gasteiger partial charge in [-0.25, -0.2) is 9.59 Å². The van der Waals surface area contributed by atoms with Crippen LogP contribution in [0.2, 0.25) is 0 Å². The van der Waals surface area contributed by atoms with Crippen molar-refractivity contribution in [1.82, 2.24) is 0 Å². The minimum atomic E-state index is -0.877. The maximum atomic E-state index is 11.7. The second-order valence-corrected chi connectivity index (χ2v) is 6.49. The average Bonchev–Trinajstić information content (AvgIpc) is 2.83. The molecular weight excluding hydrogens is 448 g/mol. The molecule has 0 aliphatic carbocycles. The second kappa shape index (κ2) is 13.7. The predicted molar refractivity (Wildman–Crippen MR) is 115 cm³/mol. The Balaban J connectivity index is 1.59. The number of benzene rings is 2. The van der Waals surface area contributed by atoms with Crippen molar-refractivity contribution in [2.45, 2.75) is 12.8 Å². The minimum Gasteiger partial charge on any atom is -0.462 e. The molecule has 0 saturated carbocycles. The molecule has 0 N–H and O–H groups in total. The summed E-state index contributed by atoms with van der Waals surface area (Å²) in [6.45, 7) is -0.549. The fourth-order valence-electron chi connectivity index (χ4n) is 2.30. The van der Waals surface area contributed by atoms with Crippen LogP contribution in [-0.2, 0) is 28.7 Å². The summed E-state index contributed by atoms with van der Waals surface area (Å²) < 4.78 is 19.6. The first-order valence-corrected chi connectivity index (χ1v) is 9.93. The fraction of sp³-hybridized carbons (Fsp3) is 0.167. The van der Waals surface area contributed by atoms with Gasteiger partial charge in [-0.3, -0.25) is 19.2 Å². The van der Waals surface area contributed by atoms with Crippen molar-refractivity contribution in [3.05, 3.63) is 71.8 Å². The highest BCUT2D eigenvalue weighted by Gasteiger charge is 2.09. The van der Waals surface area contributed by atoms with Crippen LogP contribution in [0.15, 0.2) is 60.7 Å². The summed E-state index contributed by atoms with van der Waals surface area (Å²) in [5.74, 6) is -2.58. The van der Waals surface area contributed by atoms with Gasteiger partial charge in [0.25, 0.3) is 0 Å². The van der Waals surface area contributed by atoms with E-state index in [-0.39, 0.29) is 37.6 Å². The molecule has 2 aromatic carbocycles. The number of carbonyl (C=O) groups is 6. The van der Waals surface area contributed by atoms with Gasteiger partial charge in [0.2, 0.25) is 0 Å². The molecule has 0 radical (unpaired) electrons. The summed E-state index contributed by atoms with van der Waals surface area (Å²) in [5.41, 5.74) is 0.863. The van der Waals surface area contributed by atoms with Crippen LogP contribution >= 0.6 is 0 Å². The zero-order valence-electron chi connectivity index (χ0n) is 17.8. The quantitative estimate of drug-likeness (QED) is 0.197. The zero-order valence-corrected chi connectivity index (χ0v) is 17.8. The molecule has 176 valence electrons. The van der Waals surface area contributed by atoms with Gasteiger partial charge in [0.15, 0.2) is 0 Å². The van der Waals surface area contributed by atoms with Crippen molar-refractivity contribution < 1.29 is 47.7 Å². The fourth-order valence-corrected chi connectivity index (χ4v) is 2.30. The van der Waals surface area contributed by atoms with Crippen LogP contribution in [0.5, 0.6) is 11.5 Å². The lowest BCUT2D eigenvalue weighted by molar-refractivity contribution is -0.144. The van der Waals surface area contributed by atoms with E-state index in [1.54, 1.807) is 0 Å². The number of rotatable bonds is 12. The minimum absolute atomic E-state index is 0.223. The Hall–Kier alpha value is -4.60. The highest BCUT2D eigenvalue weighted by Crippen LogP contribution is 2.12. The topological polar surface area (TPSA) is 139 Å². The van der Waals surface area contributed by atoms with E-state index in [0.717, 1.165) is 12.2 Å². The smallest absolute Gasteiger partial charge is 0.331 e. The van der Waals surface area contributed by atoms with Crippen LogP contribution < -0.4 is 9.47 Å². The molecule has 10 nitrogen and oxygen atoms in total. The summed E-state index contributed by atoms with van der Waals surface area (Å²) in [4.78, 5) is 67.8. The first-order valence-electron chi connectivity index (χ1n) is 9.93. The van der Waals surface area contributed by atoms with Crippen LogP contribution in [0.1, 0.15) is 33.6 Å². The predicted octanol–water partition coefficient (Wildman–Crippen LogP) is 2.25. The SMILES string of the molecule is O=Cc1ccc(OC(=O)CCOC(=O)/C=C\C(=O)OCCC(=O)Oc2ccc(C=O)cc2)cc1. The van der Waals surface area contributed by atoms with Gasteiger partial charge in [-0.15, -0.1) is 0 Å². The number of aldehydes is 2. The summed E-state index contributed by atoms with van der Waals surface area (Å²) in [6, 6.07) is 11.7. The average molecular weight is 468 g/mol. The molecule has 0 aromatic heterocycles. The van der Waals surface area contributed by atoms with Crippen LogP contribution in [0.3, 0.4) is 0 Å². The number of esters is 4. The summed E-state index contributed by atoms with van der Waals surface area (Å²) in [5, 5.41) is 0. The molecule has 2 rings (SSSR count). The molecule has 0 atom stereocenters. The Morgan fingerprint density at radius 1 is 0.588 bits per heavy atom. The lowest BCUT2D eigenvalue weighted by atomic mass is 10.2. The molecule has 2 aromatic rings. The van der Waals surface area contributed by atoms with Gasteiger partial charge in [0.05, 0.1) is 12.8 Å². The summed E-state index contributed by atoms with van der Waals surface area (Å²) >= 11 is 0. The van der Waals surface area contributed by atoms with Gasteiger partial charge >= 0.3 is 23.9 Å². The van der Waals surface area contributed by atoms with E-state index in [0.29, 0.717) is 23.7 Å². The summed E-state index contributed by atoms with van der Waals surface area (Å²) in [6.07, 6.45) is 2.50. The van der Waals surface area contributed by atoms with Crippen molar-refractivity contribution in [2.24, 2.45) is 0 Å². The molecule has 0 bridgehead atoms. The number of ether oxygens (including phenoxy) is 4. The van der Waals surface area contributed by atoms with Crippen LogP contribution in [0.25, 0.3) is 0 Å². The highest BCUT2D eigenvalue weighted by atomic mass is 16.6. The van der Waals surface area contributed by atoms with Gasteiger partial charge in [0.1, 0.15) is 37.3 Å². The lowest BCUT2D eigenvalue weighted by Gasteiger charge is -2.05. The third kappa shape index (κ3) is 9.69. The van der Waals surface area contributed by atoms with Gasteiger partial charge in [-0.1, -0.05) is 0 Å². The molecule has 0 aliphatic rings. The van der Waals surface area contributed by atoms with Gasteiger partial charge < -0.3 is 18.9 Å². The van der Waals surface area contributed by atoms with Crippen LogP contribution in [0.4, 0.5) is 0 Å². The maximum Gasteiger partial charge on any atom is 0.331 e. The normalized spacial score (nSPS) is 10.2. The van der Waals surface area contributed by atoms with E-state index >= 15 is 0 Å². The van der Waals surface area contributed by atoms with Crippen LogP contribution in [0, 0.1) is 0 Å². The van der Waals surface area contributed by atoms with Crippen molar-refractivity contribution in [2.75, 3.05) is 13.2 Å². The summed E-state index contributed by atoms with van der Waals surface area (Å²) in [7, 11) is 0.